The van der Waals surface area contributed by atoms with Crippen molar-refractivity contribution in [1.29, 1.82) is 0 Å². The highest BCUT2D eigenvalue weighted by Gasteiger charge is 2.31. The lowest BCUT2D eigenvalue weighted by Gasteiger charge is -2.10. The predicted octanol–water partition coefficient (Wildman–Crippen LogP) is 3.51. The van der Waals surface area contributed by atoms with Crippen LogP contribution in [0.2, 0.25) is 0 Å². The van der Waals surface area contributed by atoms with Crippen LogP contribution in [0.25, 0.3) is 16.9 Å². The summed E-state index contributed by atoms with van der Waals surface area (Å²) in [6, 6.07) is 16.3. The van der Waals surface area contributed by atoms with Crippen LogP contribution >= 0.6 is 0 Å². The van der Waals surface area contributed by atoms with Gasteiger partial charge in [0.25, 0.3) is 0 Å². The summed E-state index contributed by atoms with van der Waals surface area (Å²) < 4.78 is 16.8. The number of aromatic nitrogens is 2. The third kappa shape index (κ3) is 3.59. The maximum absolute atomic E-state index is 12.7. The Morgan fingerprint density at radius 3 is 2.21 bits per heavy atom. The lowest BCUT2D eigenvalue weighted by atomic mass is 10.1. The summed E-state index contributed by atoms with van der Waals surface area (Å²) >= 11 is 0. The molecule has 0 spiro atoms. The van der Waals surface area contributed by atoms with Gasteiger partial charge in [0.15, 0.2) is 5.69 Å². The van der Waals surface area contributed by atoms with Gasteiger partial charge in [-0.05, 0) is 31.2 Å². The summed E-state index contributed by atoms with van der Waals surface area (Å²) in [5, 5.41) is 4.39. The molecule has 1 aromatic heterocycles. The van der Waals surface area contributed by atoms with Crippen molar-refractivity contribution in [3.63, 3.8) is 0 Å². The van der Waals surface area contributed by atoms with Crippen LogP contribution in [0.1, 0.15) is 27.8 Å². The van der Waals surface area contributed by atoms with Crippen molar-refractivity contribution < 1.29 is 23.8 Å². The lowest BCUT2D eigenvalue weighted by Crippen LogP contribution is -2.12. The SMILES string of the molecule is CCOC(=O)c1c(C(=O)OC)nn(-c2ccc(OC)cc2)c1-c1ccccc1. The van der Waals surface area contributed by atoms with E-state index < -0.39 is 11.9 Å². The second-order valence-electron chi connectivity index (χ2n) is 5.76. The van der Waals surface area contributed by atoms with Crippen molar-refractivity contribution in [2.45, 2.75) is 6.92 Å². The number of carbonyl (C=O) groups excluding carboxylic acids is 2. The topological polar surface area (TPSA) is 79.7 Å². The van der Waals surface area contributed by atoms with Gasteiger partial charge >= 0.3 is 11.9 Å². The van der Waals surface area contributed by atoms with E-state index in [0.29, 0.717) is 22.7 Å². The number of esters is 2. The van der Waals surface area contributed by atoms with Crippen molar-refractivity contribution in [2.24, 2.45) is 0 Å². The fraction of sp³-hybridized carbons (Fsp3) is 0.190. The first-order valence-electron chi connectivity index (χ1n) is 8.69. The lowest BCUT2D eigenvalue weighted by molar-refractivity contribution is 0.0503. The smallest absolute Gasteiger partial charge is 0.359 e. The Hall–Kier alpha value is -3.61. The summed E-state index contributed by atoms with van der Waals surface area (Å²) in [6.07, 6.45) is 0. The average molecular weight is 380 g/mol. The fourth-order valence-corrected chi connectivity index (χ4v) is 2.83. The zero-order valence-corrected chi connectivity index (χ0v) is 15.8. The molecule has 0 aliphatic heterocycles. The molecule has 144 valence electrons. The molecule has 0 saturated carbocycles. The maximum Gasteiger partial charge on any atom is 0.359 e. The molecule has 3 rings (SSSR count). The molecule has 3 aromatic rings. The summed E-state index contributed by atoms with van der Waals surface area (Å²) in [5.41, 5.74) is 1.78. The van der Waals surface area contributed by atoms with Crippen LogP contribution in [-0.4, -0.2) is 42.5 Å². The van der Waals surface area contributed by atoms with E-state index in [2.05, 4.69) is 5.10 Å². The molecule has 2 aromatic carbocycles. The molecule has 0 aliphatic rings. The zero-order chi connectivity index (χ0) is 20.1. The van der Waals surface area contributed by atoms with Crippen LogP contribution in [-0.2, 0) is 9.47 Å². The van der Waals surface area contributed by atoms with Crippen LogP contribution < -0.4 is 4.74 Å². The normalized spacial score (nSPS) is 10.4. The second kappa shape index (κ2) is 8.39. The molecule has 0 fully saturated rings. The van der Waals surface area contributed by atoms with Crippen LogP contribution in [0.3, 0.4) is 0 Å². The van der Waals surface area contributed by atoms with Gasteiger partial charge in [0.1, 0.15) is 11.3 Å². The van der Waals surface area contributed by atoms with Gasteiger partial charge in [-0.25, -0.2) is 14.3 Å². The van der Waals surface area contributed by atoms with E-state index in [1.54, 1.807) is 38.3 Å². The molecule has 7 heteroatoms. The number of nitrogens with zero attached hydrogens (tertiary/aromatic N) is 2. The number of hydrogen-bond donors (Lipinski definition) is 0. The Morgan fingerprint density at radius 1 is 0.964 bits per heavy atom. The molecule has 1 heterocycles. The van der Waals surface area contributed by atoms with Crippen molar-refractivity contribution in [1.82, 2.24) is 9.78 Å². The Bertz CT molecular complexity index is 978. The molecule has 0 unspecified atom stereocenters. The van der Waals surface area contributed by atoms with Gasteiger partial charge in [-0.15, -0.1) is 0 Å². The van der Waals surface area contributed by atoms with Gasteiger partial charge in [-0.1, -0.05) is 30.3 Å². The Morgan fingerprint density at radius 2 is 1.64 bits per heavy atom. The number of benzene rings is 2. The van der Waals surface area contributed by atoms with Crippen LogP contribution in [0.5, 0.6) is 5.75 Å². The Kier molecular flexibility index (Phi) is 5.74. The molecule has 0 atom stereocenters. The Balaban J connectivity index is 2.31. The average Bonchev–Trinajstić information content (AvgIpc) is 3.14. The number of hydrogen-bond acceptors (Lipinski definition) is 6. The monoisotopic (exact) mass is 380 g/mol. The van der Waals surface area contributed by atoms with Crippen LogP contribution in [0.15, 0.2) is 54.6 Å². The minimum atomic E-state index is -0.715. The Labute approximate surface area is 162 Å². The van der Waals surface area contributed by atoms with E-state index in [1.807, 2.05) is 30.3 Å². The van der Waals surface area contributed by atoms with Crippen LogP contribution in [0.4, 0.5) is 0 Å². The highest BCUT2D eigenvalue weighted by Crippen LogP contribution is 2.31. The molecule has 0 radical (unpaired) electrons. The van der Waals surface area contributed by atoms with Crippen molar-refractivity contribution in [2.75, 3.05) is 20.8 Å². The summed E-state index contributed by atoms with van der Waals surface area (Å²) in [6.45, 7) is 1.87. The molecular weight excluding hydrogens is 360 g/mol. The van der Waals surface area contributed by atoms with E-state index in [4.69, 9.17) is 14.2 Å². The highest BCUT2D eigenvalue weighted by atomic mass is 16.5. The largest absolute Gasteiger partial charge is 0.497 e. The van der Waals surface area contributed by atoms with Gasteiger partial charge < -0.3 is 14.2 Å². The summed E-state index contributed by atoms with van der Waals surface area (Å²) in [5.74, 6) is -0.676. The molecular formula is C21H20N2O5. The van der Waals surface area contributed by atoms with Crippen LogP contribution in [0, 0.1) is 0 Å². The van der Waals surface area contributed by atoms with Gasteiger partial charge in [0.2, 0.25) is 0 Å². The summed E-state index contributed by atoms with van der Waals surface area (Å²) in [7, 11) is 2.82. The molecule has 0 N–H and O–H groups in total. The maximum atomic E-state index is 12.7. The second-order valence-corrected chi connectivity index (χ2v) is 5.76. The first kappa shape index (κ1) is 19.2. The molecule has 0 amide bonds. The van der Waals surface area contributed by atoms with E-state index in [-0.39, 0.29) is 17.9 Å². The predicted molar refractivity (Wildman–Crippen MR) is 103 cm³/mol. The van der Waals surface area contributed by atoms with E-state index >= 15 is 0 Å². The first-order valence-corrected chi connectivity index (χ1v) is 8.69. The fourth-order valence-electron chi connectivity index (χ4n) is 2.83. The highest BCUT2D eigenvalue weighted by molar-refractivity contribution is 6.06. The van der Waals surface area contributed by atoms with Crippen molar-refractivity contribution >= 4 is 11.9 Å². The van der Waals surface area contributed by atoms with Gasteiger partial charge in [0, 0.05) is 5.56 Å². The zero-order valence-electron chi connectivity index (χ0n) is 15.8. The molecule has 0 saturated heterocycles. The molecule has 7 nitrogen and oxygen atoms in total. The minimum absolute atomic E-state index is 0.0655. The van der Waals surface area contributed by atoms with Gasteiger partial charge in [-0.2, -0.15) is 5.10 Å². The van der Waals surface area contributed by atoms with Crippen molar-refractivity contribution in [3.05, 3.63) is 65.9 Å². The van der Waals surface area contributed by atoms with Gasteiger partial charge in [0.05, 0.1) is 32.2 Å². The minimum Gasteiger partial charge on any atom is -0.497 e. The number of carbonyl (C=O) groups is 2. The molecule has 28 heavy (non-hydrogen) atoms. The third-order valence-electron chi connectivity index (χ3n) is 4.11. The first-order chi connectivity index (χ1) is 13.6. The standard InChI is InChI=1S/C21H20N2O5/c1-4-28-20(24)17-18(21(25)27-3)22-23(15-10-12-16(26-2)13-11-15)19(17)14-8-6-5-7-9-14/h5-13H,4H2,1-3H3. The number of ether oxygens (including phenoxy) is 3. The third-order valence-corrected chi connectivity index (χ3v) is 4.11. The number of methoxy groups -OCH3 is 2. The van der Waals surface area contributed by atoms with E-state index in [9.17, 15) is 9.59 Å². The number of rotatable bonds is 6. The van der Waals surface area contributed by atoms with E-state index in [1.165, 1.54) is 11.8 Å². The molecule has 0 bridgehead atoms. The van der Waals surface area contributed by atoms with E-state index in [0.717, 1.165) is 0 Å². The summed E-state index contributed by atoms with van der Waals surface area (Å²) in [4.78, 5) is 25.1. The van der Waals surface area contributed by atoms with Gasteiger partial charge in [-0.3, -0.25) is 0 Å². The molecule has 0 aliphatic carbocycles. The quantitative estimate of drug-likeness (QED) is 0.609. The van der Waals surface area contributed by atoms with Crippen molar-refractivity contribution in [3.8, 4) is 22.7 Å².